The van der Waals surface area contributed by atoms with Gasteiger partial charge in [0.25, 0.3) is 0 Å². The van der Waals surface area contributed by atoms with Gasteiger partial charge in [-0.2, -0.15) is 10.2 Å². The van der Waals surface area contributed by atoms with Crippen LogP contribution in [0.3, 0.4) is 0 Å². The first-order valence-corrected chi connectivity index (χ1v) is 3.61. The summed E-state index contributed by atoms with van der Waals surface area (Å²) in [4.78, 5) is 0. The van der Waals surface area contributed by atoms with Crippen molar-refractivity contribution >= 4 is 0 Å². The van der Waals surface area contributed by atoms with Gasteiger partial charge < -0.3 is 0 Å². The van der Waals surface area contributed by atoms with E-state index in [2.05, 4.69) is 24.0 Å². The van der Waals surface area contributed by atoms with E-state index in [-0.39, 0.29) is 0 Å². The minimum Gasteiger partial charge on any atom is -0.159 e. The second-order valence-corrected chi connectivity index (χ2v) is 2.49. The molecule has 0 aromatic carbocycles. The molecule has 10 heavy (non-hydrogen) atoms. The number of nitrogens with zero attached hydrogens (tertiary/aromatic N) is 2. The third kappa shape index (κ3) is 1.53. The number of hydrogen-bond donors (Lipinski definition) is 0. The zero-order valence-electron chi connectivity index (χ0n) is 6.41. The van der Waals surface area contributed by atoms with Crippen LogP contribution in [0.2, 0.25) is 0 Å². The highest BCUT2D eigenvalue weighted by molar-refractivity contribution is 5.10. The van der Waals surface area contributed by atoms with Crippen LogP contribution < -0.4 is 0 Å². The van der Waals surface area contributed by atoms with Gasteiger partial charge in [0, 0.05) is 6.20 Å². The normalized spacial score (nSPS) is 13.0. The van der Waals surface area contributed by atoms with Gasteiger partial charge in [0.15, 0.2) is 0 Å². The number of rotatable bonds is 2. The average Bonchev–Trinajstić information content (AvgIpc) is 2.05. The van der Waals surface area contributed by atoms with Crippen molar-refractivity contribution < 1.29 is 0 Å². The lowest BCUT2D eigenvalue weighted by Crippen LogP contribution is -1.92. The smallest absolute Gasteiger partial charge is 0.0530 e. The summed E-state index contributed by atoms with van der Waals surface area (Å²) in [5.41, 5.74) is 1.28. The van der Waals surface area contributed by atoms with Gasteiger partial charge in [-0.3, -0.25) is 0 Å². The van der Waals surface area contributed by atoms with Gasteiger partial charge in [-0.05, 0) is 24.0 Å². The van der Waals surface area contributed by atoms with E-state index in [9.17, 15) is 0 Å². The first-order chi connectivity index (χ1) is 4.84. The summed E-state index contributed by atoms with van der Waals surface area (Å²) in [5.74, 6) is 0.607. The van der Waals surface area contributed by atoms with Crippen LogP contribution in [-0.2, 0) is 0 Å². The number of hydrogen-bond acceptors (Lipinski definition) is 2. The van der Waals surface area contributed by atoms with Gasteiger partial charge in [0.05, 0.1) is 6.20 Å². The Kier molecular flexibility index (Phi) is 2.37. The largest absolute Gasteiger partial charge is 0.159 e. The maximum absolute atomic E-state index is 3.80. The van der Waals surface area contributed by atoms with Crippen LogP contribution in [0.25, 0.3) is 0 Å². The molecule has 0 bridgehead atoms. The predicted molar refractivity (Wildman–Crippen MR) is 40.7 cm³/mol. The molecule has 0 fully saturated rings. The second-order valence-electron chi connectivity index (χ2n) is 2.49. The highest BCUT2D eigenvalue weighted by atomic mass is 15.1. The van der Waals surface area contributed by atoms with Crippen molar-refractivity contribution in [3.05, 3.63) is 24.0 Å². The monoisotopic (exact) mass is 136 g/mol. The molecule has 0 saturated heterocycles. The van der Waals surface area contributed by atoms with Crippen molar-refractivity contribution in [3.63, 3.8) is 0 Å². The summed E-state index contributed by atoms with van der Waals surface area (Å²) in [5, 5.41) is 7.52. The molecule has 1 aromatic heterocycles. The van der Waals surface area contributed by atoms with Crippen LogP contribution in [-0.4, -0.2) is 10.2 Å². The lowest BCUT2D eigenvalue weighted by Gasteiger charge is -2.05. The van der Waals surface area contributed by atoms with Crippen molar-refractivity contribution in [2.24, 2.45) is 0 Å². The molecule has 0 spiro atoms. The molecular weight excluding hydrogens is 124 g/mol. The Morgan fingerprint density at radius 2 is 2.30 bits per heavy atom. The molecule has 0 radical (unpaired) electrons. The first kappa shape index (κ1) is 7.19. The molecule has 0 saturated carbocycles. The van der Waals surface area contributed by atoms with Crippen molar-refractivity contribution in [2.45, 2.75) is 26.2 Å². The summed E-state index contributed by atoms with van der Waals surface area (Å²) in [6.45, 7) is 4.36. The lowest BCUT2D eigenvalue weighted by molar-refractivity contribution is 0.724. The molecule has 0 amide bonds. The Morgan fingerprint density at radius 3 is 2.80 bits per heavy atom. The molecule has 0 N–H and O–H groups in total. The average molecular weight is 136 g/mol. The minimum absolute atomic E-state index is 0.607. The molecule has 0 aliphatic carbocycles. The molecule has 1 heterocycles. The molecule has 0 aliphatic heterocycles. The van der Waals surface area contributed by atoms with Crippen LogP contribution >= 0.6 is 0 Å². The molecule has 54 valence electrons. The van der Waals surface area contributed by atoms with E-state index in [1.165, 1.54) is 5.56 Å². The van der Waals surface area contributed by atoms with Gasteiger partial charge in [-0.25, -0.2) is 0 Å². The van der Waals surface area contributed by atoms with Gasteiger partial charge in [-0.15, -0.1) is 0 Å². The highest BCUT2D eigenvalue weighted by Gasteiger charge is 2.00. The standard InChI is InChI=1S/C8H12N2/c1-3-7(2)8-4-5-9-10-6-8/h4-7H,3H2,1-2H3. The van der Waals surface area contributed by atoms with Crippen LogP contribution in [0.1, 0.15) is 31.7 Å². The van der Waals surface area contributed by atoms with E-state index in [0.717, 1.165) is 6.42 Å². The Balaban J connectivity index is 2.75. The molecule has 0 aliphatic rings. The third-order valence-electron chi connectivity index (χ3n) is 1.79. The zero-order chi connectivity index (χ0) is 7.40. The topological polar surface area (TPSA) is 25.8 Å². The van der Waals surface area contributed by atoms with Crippen molar-refractivity contribution in [1.82, 2.24) is 10.2 Å². The van der Waals surface area contributed by atoms with Crippen molar-refractivity contribution in [2.75, 3.05) is 0 Å². The van der Waals surface area contributed by atoms with Gasteiger partial charge in [0.1, 0.15) is 0 Å². The quantitative estimate of drug-likeness (QED) is 0.621. The molecule has 2 heteroatoms. The summed E-state index contributed by atoms with van der Waals surface area (Å²) < 4.78 is 0. The van der Waals surface area contributed by atoms with Gasteiger partial charge in [0.2, 0.25) is 0 Å². The SMILES string of the molecule is CCC(C)c1ccnnc1. The molecule has 1 atom stereocenters. The van der Waals surface area contributed by atoms with Crippen molar-refractivity contribution in [1.29, 1.82) is 0 Å². The van der Waals surface area contributed by atoms with E-state index in [4.69, 9.17) is 0 Å². The van der Waals surface area contributed by atoms with E-state index < -0.39 is 0 Å². The van der Waals surface area contributed by atoms with Crippen LogP contribution in [0.15, 0.2) is 18.5 Å². The Labute approximate surface area is 61.3 Å². The summed E-state index contributed by atoms with van der Waals surface area (Å²) in [6, 6.07) is 2.02. The lowest BCUT2D eigenvalue weighted by atomic mass is 10.0. The number of aromatic nitrogens is 2. The Bertz CT molecular complexity index is 184. The van der Waals surface area contributed by atoms with Crippen LogP contribution in [0.4, 0.5) is 0 Å². The fraction of sp³-hybridized carbons (Fsp3) is 0.500. The first-order valence-electron chi connectivity index (χ1n) is 3.61. The van der Waals surface area contributed by atoms with E-state index >= 15 is 0 Å². The maximum atomic E-state index is 3.80. The van der Waals surface area contributed by atoms with Crippen LogP contribution in [0.5, 0.6) is 0 Å². The Morgan fingerprint density at radius 1 is 1.50 bits per heavy atom. The van der Waals surface area contributed by atoms with E-state index in [1.807, 2.05) is 12.3 Å². The minimum atomic E-state index is 0.607. The molecule has 2 nitrogen and oxygen atoms in total. The molecule has 1 rings (SSSR count). The van der Waals surface area contributed by atoms with Crippen molar-refractivity contribution in [3.8, 4) is 0 Å². The summed E-state index contributed by atoms with van der Waals surface area (Å²) >= 11 is 0. The van der Waals surface area contributed by atoms with Crippen LogP contribution in [0, 0.1) is 0 Å². The maximum Gasteiger partial charge on any atom is 0.0530 e. The fourth-order valence-corrected chi connectivity index (χ4v) is 0.828. The molecule has 1 aromatic rings. The summed E-state index contributed by atoms with van der Waals surface area (Å²) in [7, 11) is 0. The zero-order valence-corrected chi connectivity index (χ0v) is 6.41. The highest BCUT2D eigenvalue weighted by Crippen LogP contribution is 2.15. The third-order valence-corrected chi connectivity index (χ3v) is 1.79. The van der Waals surface area contributed by atoms with E-state index in [1.54, 1.807) is 6.20 Å². The Hall–Kier alpha value is -0.920. The fourth-order valence-electron chi connectivity index (χ4n) is 0.828. The summed E-state index contributed by atoms with van der Waals surface area (Å²) in [6.07, 6.45) is 4.72. The molecular formula is C8H12N2. The molecule has 1 unspecified atom stereocenters. The second kappa shape index (κ2) is 3.30. The van der Waals surface area contributed by atoms with Gasteiger partial charge >= 0.3 is 0 Å². The predicted octanol–water partition coefficient (Wildman–Crippen LogP) is 1.99. The van der Waals surface area contributed by atoms with E-state index in [0.29, 0.717) is 5.92 Å². The van der Waals surface area contributed by atoms with Gasteiger partial charge in [-0.1, -0.05) is 13.8 Å².